The highest BCUT2D eigenvalue weighted by Gasteiger charge is 2.18. The standard InChI is InChI=1S/C17H24N2O3S/c1-12-10-14(3)17(11-13(12)2)23(21,22)18-8-7-16(20)15-6-5-9-19(15)4/h5-6,9-11,16,18,20H,7-8H2,1-4H3/t16-/m0/s1. The lowest BCUT2D eigenvalue weighted by atomic mass is 10.1. The molecule has 0 aliphatic rings. The first-order valence-corrected chi connectivity index (χ1v) is 9.07. The van der Waals surface area contributed by atoms with Crippen LogP contribution in [0.25, 0.3) is 0 Å². The molecule has 0 fully saturated rings. The number of nitrogens with one attached hydrogen (secondary N) is 1. The van der Waals surface area contributed by atoms with E-state index < -0.39 is 16.1 Å². The molecule has 1 atom stereocenters. The Bertz CT molecular complexity index is 794. The molecule has 126 valence electrons. The van der Waals surface area contributed by atoms with Gasteiger partial charge in [0.2, 0.25) is 10.0 Å². The highest BCUT2D eigenvalue weighted by Crippen LogP contribution is 2.20. The van der Waals surface area contributed by atoms with Crippen molar-refractivity contribution in [2.45, 2.75) is 38.2 Å². The van der Waals surface area contributed by atoms with Crippen LogP contribution in [0.3, 0.4) is 0 Å². The van der Waals surface area contributed by atoms with Gasteiger partial charge < -0.3 is 9.67 Å². The molecular weight excluding hydrogens is 312 g/mol. The van der Waals surface area contributed by atoms with Crippen LogP contribution in [0, 0.1) is 20.8 Å². The van der Waals surface area contributed by atoms with Gasteiger partial charge in [-0.1, -0.05) is 6.07 Å². The van der Waals surface area contributed by atoms with Gasteiger partial charge in [0.05, 0.1) is 11.0 Å². The molecule has 1 aromatic heterocycles. The summed E-state index contributed by atoms with van der Waals surface area (Å²) in [5.74, 6) is 0. The van der Waals surface area contributed by atoms with E-state index in [1.807, 2.05) is 49.9 Å². The van der Waals surface area contributed by atoms with Gasteiger partial charge in [0.1, 0.15) is 0 Å². The maximum atomic E-state index is 12.5. The molecule has 6 heteroatoms. The quantitative estimate of drug-likeness (QED) is 0.850. The van der Waals surface area contributed by atoms with Crippen LogP contribution in [0.5, 0.6) is 0 Å². The lowest BCUT2D eigenvalue weighted by Crippen LogP contribution is -2.27. The van der Waals surface area contributed by atoms with Crippen LogP contribution in [-0.2, 0) is 17.1 Å². The summed E-state index contributed by atoms with van der Waals surface area (Å²) >= 11 is 0. The lowest BCUT2D eigenvalue weighted by molar-refractivity contribution is 0.161. The Balaban J connectivity index is 2.05. The van der Waals surface area contributed by atoms with Crippen molar-refractivity contribution in [2.75, 3.05) is 6.54 Å². The van der Waals surface area contributed by atoms with Crippen molar-refractivity contribution in [1.29, 1.82) is 0 Å². The van der Waals surface area contributed by atoms with E-state index in [0.717, 1.165) is 22.4 Å². The largest absolute Gasteiger partial charge is 0.387 e. The SMILES string of the molecule is Cc1cc(C)c(S(=O)(=O)NCC[C@H](O)c2cccn2C)cc1C. The molecule has 0 saturated heterocycles. The zero-order chi connectivity index (χ0) is 17.2. The van der Waals surface area contributed by atoms with Gasteiger partial charge in [-0.2, -0.15) is 0 Å². The van der Waals surface area contributed by atoms with Crippen LogP contribution in [0.2, 0.25) is 0 Å². The summed E-state index contributed by atoms with van der Waals surface area (Å²) in [5.41, 5.74) is 3.51. The van der Waals surface area contributed by atoms with Crippen LogP contribution in [0.1, 0.15) is 34.9 Å². The van der Waals surface area contributed by atoms with Gasteiger partial charge in [-0.3, -0.25) is 0 Å². The van der Waals surface area contributed by atoms with Crippen molar-refractivity contribution in [3.8, 4) is 0 Å². The second-order valence-electron chi connectivity index (χ2n) is 5.95. The van der Waals surface area contributed by atoms with Gasteiger partial charge in [0, 0.05) is 25.5 Å². The third-order valence-corrected chi connectivity index (χ3v) is 5.72. The summed E-state index contributed by atoms with van der Waals surface area (Å²) in [5, 5.41) is 10.1. The van der Waals surface area contributed by atoms with Crippen molar-refractivity contribution in [2.24, 2.45) is 7.05 Å². The van der Waals surface area contributed by atoms with Gasteiger partial charge in [-0.15, -0.1) is 0 Å². The van der Waals surface area contributed by atoms with Gasteiger partial charge >= 0.3 is 0 Å². The minimum absolute atomic E-state index is 0.182. The summed E-state index contributed by atoms with van der Waals surface area (Å²) in [6, 6.07) is 7.25. The number of rotatable bonds is 6. The average Bonchev–Trinajstić information content (AvgIpc) is 2.88. The number of aromatic nitrogens is 1. The number of hydrogen-bond acceptors (Lipinski definition) is 3. The molecular formula is C17H24N2O3S. The molecule has 0 unspecified atom stereocenters. The smallest absolute Gasteiger partial charge is 0.240 e. The number of aryl methyl sites for hydroxylation is 4. The van der Waals surface area contributed by atoms with E-state index in [4.69, 9.17) is 0 Å². The fourth-order valence-electron chi connectivity index (χ4n) is 2.60. The van der Waals surface area contributed by atoms with Crippen molar-refractivity contribution in [3.63, 3.8) is 0 Å². The molecule has 0 spiro atoms. The maximum absolute atomic E-state index is 12.5. The van der Waals surface area contributed by atoms with Crippen LogP contribution < -0.4 is 4.72 Å². The summed E-state index contributed by atoms with van der Waals surface area (Å²) in [6.07, 6.45) is 1.47. The summed E-state index contributed by atoms with van der Waals surface area (Å²) in [7, 11) is -1.72. The molecule has 0 amide bonds. The zero-order valence-electron chi connectivity index (χ0n) is 14.0. The molecule has 1 heterocycles. The predicted molar refractivity (Wildman–Crippen MR) is 90.8 cm³/mol. The predicted octanol–water partition coefficient (Wildman–Crippen LogP) is 2.35. The first-order chi connectivity index (χ1) is 10.7. The van der Waals surface area contributed by atoms with Crippen LogP contribution in [0.15, 0.2) is 35.4 Å². The zero-order valence-corrected chi connectivity index (χ0v) is 14.8. The topological polar surface area (TPSA) is 71.3 Å². The molecule has 23 heavy (non-hydrogen) atoms. The molecule has 0 aliphatic heterocycles. The minimum Gasteiger partial charge on any atom is -0.387 e. The van der Waals surface area contributed by atoms with E-state index in [9.17, 15) is 13.5 Å². The minimum atomic E-state index is -3.57. The first kappa shape index (κ1) is 17.7. The molecule has 5 nitrogen and oxygen atoms in total. The lowest BCUT2D eigenvalue weighted by Gasteiger charge is -2.14. The highest BCUT2D eigenvalue weighted by atomic mass is 32.2. The highest BCUT2D eigenvalue weighted by molar-refractivity contribution is 7.89. The molecule has 2 rings (SSSR count). The van der Waals surface area contributed by atoms with E-state index in [0.29, 0.717) is 11.3 Å². The third-order valence-electron chi connectivity index (χ3n) is 4.12. The van der Waals surface area contributed by atoms with Gasteiger partial charge in [-0.05, 0) is 62.1 Å². The molecule has 1 aromatic carbocycles. The van der Waals surface area contributed by atoms with Crippen LogP contribution >= 0.6 is 0 Å². The number of aliphatic hydroxyl groups excluding tert-OH is 1. The van der Waals surface area contributed by atoms with E-state index in [2.05, 4.69) is 4.72 Å². The number of nitrogens with zero attached hydrogens (tertiary/aromatic N) is 1. The summed E-state index contributed by atoms with van der Waals surface area (Å²) < 4.78 is 29.3. The van der Waals surface area contributed by atoms with Crippen molar-refractivity contribution in [3.05, 3.63) is 52.8 Å². The van der Waals surface area contributed by atoms with E-state index in [-0.39, 0.29) is 6.54 Å². The summed E-state index contributed by atoms with van der Waals surface area (Å²) in [6.45, 7) is 5.83. The van der Waals surface area contributed by atoms with E-state index in [1.54, 1.807) is 13.0 Å². The molecule has 0 bridgehead atoms. The van der Waals surface area contributed by atoms with E-state index >= 15 is 0 Å². The van der Waals surface area contributed by atoms with Crippen LogP contribution in [-0.4, -0.2) is 24.6 Å². The monoisotopic (exact) mass is 336 g/mol. The Morgan fingerprint density at radius 3 is 2.43 bits per heavy atom. The number of sulfonamides is 1. The Hall–Kier alpha value is -1.63. The fourth-order valence-corrected chi connectivity index (χ4v) is 3.96. The maximum Gasteiger partial charge on any atom is 0.240 e. The molecule has 0 aliphatic carbocycles. The van der Waals surface area contributed by atoms with Gasteiger partial charge in [-0.25, -0.2) is 13.1 Å². The van der Waals surface area contributed by atoms with Crippen molar-refractivity contribution in [1.82, 2.24) is 9.29 Å². The summed E-state index contributed by atoms with van der Waals surface area (Å²) in [4.78, 5) is 0.300. The van der Waals surface area contributed by atoms with Crippen LogP contribution in [0.4, 0.5) is 0 Å². The number of aliphatic hydroxyl groups is 1. The Labute approximate surface area is 138 Å². The molecule has 0 saturated carbocycles. The third kappa shape index (κ3) is 4.02. The van der Waals surface area contributed by atoms with E-state index in [1.165, 1.54) is 0 Å². The Morgan fingerprint density at radius 2 is 1.83 bits per heavy atom. The molecule has 0 radical (unpaired) electrons. The molecule has 2 N–H and O–H groups in total. The van der Waals surface area contributed by atoms with Gasteiger partial charge in [0.25, 0.3) is 0 Å². The fraction of sp³-hybridized carbons (Fsp3) is 0.412. The van der Waals surface area contributed by atoms with Crippen molar-refractivity contribution < 1.29 is 13.5 Å². The number of benzene rings is 1. The Morgan fingerprint density at radius 1 is 1.17 bits per heavy atom. The average molecular weight is 336 g/mol. The Kier molecular flexibility index (Phi) is 5.29. The van der Waals surface area contributed by atoms with Gasteiger partial charge in [0.15, 0.2) is 0 Å². The second kappa shape index (κ2) is 6.86. The van der Waals surface area contributed by atoms with Crippen molar-refractivity contribution >= 4 is 10.0 Å². The molecule has 2 aromatic rings. The normalized spacial score (nSPS) is 13.3. The second-order valence-corrected chi connectivity index (χ2v) is 7.68. The first-order valence-electron chi connectivity index (χ1n) is 7.59. The number of hydrogen-bond donors (Lipinski definition) is 2.